The summed E-state index contributed by atoms with van der Waals surface area (Å²) in [6, 6.07) is 36.8. The van der Waals surface area contributed by atoms with E-state index in [9.17, 15) is 0 Å². The second-order valence-electron chi connectivity index (χ2n) is 16.2. The predicted molar refractivity (Wildman–Crippen MR) is 234 cm³/mol. The third-order valence-electron chi connectivity index (χ3n) is 10.8. The zero-order valence-corrected chi connectivity index (χ0v) is 33.6. The number of terminal acetylenes is 1. The molecule has 1 unspecified atom stereocenters. The van der Waals surface area contributed by atoms with Gasteiger partial charge in [-0.15, -0.1) is 19.4 Å². The van der Waals surface area contributed by atoms with Gasteiger partial charge in [0.1, 0.15) is 0 Å². The van der Waals surface area contributed by atoms with Gasteiger partial charge in [0.2, 0.25) is 0 Å². The maximum absolute atomic E-state index is 4.27. The monoisotopic (exact) mass is 700 g/mol. The van der Waals surface area contributed by atoms with Crippen LogP contribution in [0.25, 0.3) is 16.7 Å². The van der Waals surface area contributed by atoms with Gasteiger partial charge in [-0.1, -0.05) is 175 Å². The highest BCUT2D eigenvalue weighted by Gasteiger charge is 2.34. The molecule has 2 aliphatic carbocycles. The Bertz CT molecular complexity index is 1960. The van der Waals surface area contributed by atoms with E-state index in [0.717, 1.165) is 18.5 Å². The number of likely N-dealkylation sites (N-methyl/N-ethyl adjacent to an activating group) is 1. The lowest BCUT2D eigenvalue weighted by Gasteiger charge is -2.32. The lowest BCUT2D eigenvalue weighted by molar-refractivity contribution is 0.307. The van der Waals surface area contributed by atoms with Gasteiger partial charge in [0.15, 0.2) is 0 Å². The van der Waals surface area contributed by atoms with Crippen LogP contribution in [0.2, 0.25) is 0 Å². The van der Waals surface area contributed by atoms with Gasteiger partial charge < -0.3 is 10.2 Å². The van der Waals surface area contributed by atoms with Crippen LogP contribution in [0.3, 0.4) is 0 Å². The number of fused-ring (bicyclic) bond motifs is 5. The fourth-order valence-electron chi connectivity index (χ4n) is 7.22. The van der Waals surface area contributed by atoms with Crippen molar-refractivity contribution in [3.8, 4) is 24.0 Å². The molecule has 0 saturated carbocycles. The standard InChI is InChI=1S/C39H44N2.C10H14.C2H2/c1-8-31-27-34(41(7)33-22-20-29(21-23-33)28-15-10-9-11-16-28)26-30-25-32(17-12-13-24-38(31,2)3)39(4,5)36-19-14-18-35(30)37(36)40-6;1-10(2,3)9-7-5-4-6-8-9;1-2/h8-23,26-27,31,40H,1,24-25H2,2-7H3;4-8H,1-3H3;1-2H/b13-12-,30-26+,32-17+,34-27+;;. The summed E-state index contributed by atoms with van der Waals surface area (Å²) >= 11 is 0. The van der Waals surface area contributed by atoms with Gasteiger partial charge in [-0.05, 0) is 69.7 Å². The minimum atomic E-state index is -0.0966. The Kier molecular flexibility index (Phi) is 13.4. The van der Waals surface area contributed by atoms with Crippen molar-refractivity contribution in [1.82, 2.24) is 0 Å². The summed E-state index contributed by atoms with van der Waals surface area (Å²) in [5.41, 5.74) is 13.0. The number of hydrogen-bond acceptors (Lipinski definition) is 2. The van der Waals surface area contributed by atoms with E-state index in [-0.39, 0.29) is 16.7 Å². The highest BCUT2D eigenvalue weighted by molar-refractivity contribution is 5.85. The third kappa shape index (κ3) is 9.60. The molecule has 0 amide bonds. The number of benzene rings is 4. The summed E-state index contributed by atoms with van der Waals surface area (Å²) < 4.78 is 0. The van der Waals surface area contributed by atoms with Crippen LogP contribution in [0, 0.1) is 24.2 Å². The summed E-state index contributed by atoms with van der Waals surface area (Å²) in [6.45, 7) is 20.4. The lowest BCUT2D eigenvalue weighted by atomic mass is 9.74. The number of allylic oxidation sites excluding steroid dienone is 8. The van der Waals surface area contributed by atoms with Crippen molar-refractivity contribution in [2.24, 2.45) is 11.3 Å². The second-order valence-corrected chi connectivity index (χ2v) is 16.2. The molecule has 0 heterocycles. The molecule has 6 rings (SSSR count). The van der Waals surface area contributed by atoms with Crippen LogP contribution >= 0.6 is 0 Å². The molecular formula is C51H60N2. The topological polar surface area (TPSA) is 15.3 Å². The molecule has 0 radical (unpaired) electrons. The number of para-hydroxylation sites is 1. The molecule has 53 heavy (non-hydrogen) atoms. The maximum atomic E-state index is 4.27. The Balaban J connectivity index is 0.000000448. The molecule has 0 fully saturated rings. The highest BCUT2D eigenvalue weighted by atomic mass is 15.1. The average molecular weight is 701 g/mol. The third-order valence-corrected chi connectivity index (χ3v) is 10.8. The van der Waals surface area contributed by atoms with Gasteiger partial charge in [0.05, 0.1) is 0 Å². The lowest BCUT2D eigenvalue weighted by Crippen LogP contribution is -2.23. The van der Waals surface area contributed by atoms with Crippen molar-refractivity contribution in [3.63, 3.8) is 0 Å². The summed E-state index contributed by atoms with van der Waals surface area (Å²) in [4.78, 5) is 2.33. The normalized spacial score (nSPS) is 20.7. The van der Waals surface area contributed by atoms with Crippen LogP contribution in [0.1, 0.15) is 78.0 Å². The molecule has 2 heteroatoms. The van der Waals surface area contributed by atoms with Gasteiger partial charge in [-0.3, -0.25) is 0 Å². The minimum absolute atomic E-state index is 0.0200. The van der Waals surface area contributed by atoms with Crippen molar-refractivity contribution >= 4 is 16.9 Å². The van der Waals surface area contributed by atoms with E-state index in [4.69, 9.17) is 0 Å². The van der Waals surface area contributed by atoms with Crippen LogP contribution in [-0.4, -0.2) is 14.1 Å². The molecule has 0 spiro atoms. The van der Waals surface area contributed by atoms with Crippen molar-refractivity contribution < 1.29 is 0 Å². The average Bonchev–Trinajstić information content (AvgIpc) is 3.21. The Morgan fingerprint density at radius 2 is 1.42 bits per heavy atom. The fourth-order valence-corrected chi connectivity index (χ4v) is 7.22. The number of hydrogen-bond donors (Lipinski definition) is 1. The van der Waals surface area contributed by atoms with Crippen LogP contribution in [0.5, 0.6) is 0 Å². The quantitative estimate of drug-likeness (QED) is 0.165. The van der Waals surface area contributed by atoms with Crippen molar-refractivity contribution in [2.75, 3.05) is 24.3 Å². The van der Waals surface area contributed by atoms with Crippen LogP contribution < -0.4 is 10.2 Å². The Morgan fingerprint density at radius 1 is 0.811 bits per heavy atom. The van der Waals surface area contributed by atoms with Crippen molar-refractivity contribution in [1.29, 1.82) is 0 Å². The number of nitrogens with one attached hydrogen (secondary N) is 1. The zero-order valence-electron chi connectivity index (χ0n) is 33.6. The molecule has 4 aromatic rings. The van der Waals surface area contributed by atoms with Crippen LogP contribution in [0.4, 0.5) is 11.4 Å². The molecule has 4 bridgehead atoms. The first kappa shape index (κ1) is 40.5. The predicted octanol–water partition coefficient (Wildman–Crippen LogP) is 13.4. The van der Waals surface area contributed by atoms with Crippen molar-refractivity contribution in [2.45, 2.75) is 72.1 Å². The van der Waals surface area contributed by atoms with Gasteiger partial charge in [-0.25, -0.2) is 0 Å². The Hall–Kier alpha value is -5.26. The van der Waals surface area contributed by atoms with E-state index in [0.29, 0.717) is 5.41 Å². The Labute approximate surface area is 321 Å². The molecule has 274 valence electrons. The molecule has 0 aromatic heterocycles. The van der Waals surface area contributed by atoms with E-state index < -0.39 is 0 Å². The molecule has 2 aliphatic rings. The van der Waals surface area contributed by atoms with Gasteiger partial charge in [0.25, 0.3) is 0 Å². The van der Waals surface area contributed by atoms with Crippen LogP contribution in [-0.2, 0) is 10.8 Å². The smallest absolute Gasteiger partial charge is 0.0455 e. The first-order valence-corrected chi connectivity index (χ1v) is 18.8. The fraction of sp³-hybridized carbons (Fsp3) is 0.294. The molecule has 0 aliphatic heterocycles. The molecule has 1 N–H and O–H groups in total. The molecule has 4 aromatic carbocycles. The van der Waals surface area contributed by atoms with E-state index in [2.05, 4.69) is 225 Å². The van der Waals surface area contributed by atoms with E-state index in [1.54, 1.807) is 0 Å². The Morgan fingerprint density at radius 3 is 1.98 bits per heavy atom. The van der Waals surface area contributed by atoms with E-state index in [1.807, 2.05) is 7.05 Å². The van der Waals surface area contributed by atoms with Gasteiger partial charge >= 0.3 is 0 Å². The highest BCUT2D eigenvalue weighted by Crippen LogP contribution is 2.48. The summed E-state index contributed by atoms with van der Waals surface area (Å²) in [5.74, 6) is 0.199. The molecular weight excluding hydrogens is 641 g/mol. The number of nitrogens with zero attached hydrogens (tertiary/aromatic N) is 1. The maximum Gasteiger partial charge on any atom is 0.0455 e. The van der Waals surface area contributed by atoms with Crippen molar-refractivity contribution in [3.05, 3.63) is 174 Å². The molecule has 1 atom stereocenters. The summed E-state index contributed by atoms with van der Waals surface area (Å²) in [5, 5.41) is 3.57. The molecule has 0 saturated heterocycles. The summed E-state index contributed by atoms with van der Waals surface area (Å²) in [7, 11) is 4.23. The second kappa shape index (κ2) is 17.5. The van der Waals surface area contributed by atoms with Gasteiger partial charge in [-0.2, -0.15) is 0 Å². The minimum Gasteiger partial charge on any atom is -0.387 e. The van der Waals surface area contributed by atoms with Crippen LogP contribution in [0.15, 0.2) is 157 Å². The SMILES string of the molecule is C#C.C=CC1/C=C(N(C)c2ccc(-c3ccccc3)cc2)\C=C2/C/C(=C\C=C/CC1(C)C)C(C)(C)c1cccc2c1NC.CC(C)(C)c1ccccc1. The van der Waals surface area contributed by atoms with E-state index in [1.165, 1.54) is 50.3 Å². The largest absolute Gasteiger partial charge is 0.387 e. The summed E-state index contributed by atoms with van der Waals surface area (Å²) in [6.07, 6.45) is 23.8. The van der Waals surface area contributed by atoms with E-state index >= 15 is 0 Å². The first-order valence-electron chi connectivity index (χ1n) is 18.8. The molecule has 2 nitrogen and oxygen atoms in total. The van der Waals surface area contributed by atoms with Gasteiger partial charge in [0, 0.05) is 48.1 Å². The zero-order chi connectivity index (χ0) is 38.8. The number of rotatable bonds is 5. The first-order chi connectivity index (χ1) is 25.3. The number of anilines is 2.